The third kappa shape index (κ3) is 6.99. The molecule has 3 nitrogen and oxygen atoms in total. The monoisotopic (exact) mass is 206 g/mol. The van der Waals surface area contributed by atoms with E-state index in [2.05, 4.69) is 36.2 Å². The quantitative estimate of drug-likeness (QED) is 0.630. The van der Waals surface area contributed by atoms with Gasteiger partial charge in [-0.2, -0.15) is 0 Å². The van der Waals surface area contributed by atoms with Gasteiger partial charge >= 0.3 is 9.36 Å². The van der Waals surface area contributed by atoms with Gasteiger partial charge in [0, 0.05) is 7.11 Å². The van der Waals surface area contributed by atoms with Crippen LogP contribution < -0.4 is 9.63 Å². The summed E-state index contributed by atoms with van der Waals surface area (Å²) in [5.41, 5.74) is 0. The lowest BCUT2D eigenvalue weighted by Crippen LogP contribution is -2.59. The predicted octanol–water partition coefficient (Wildman–Crippen LogP) is 0.774. The van der Waals surface area contributed by atoms with Crippen LogP contribution in [0.2, 0.25) is 19.6 Å². The molecule has 2 N–H and O–H groups in total. The number of hydrogen-bond donors (Lipinski definition) is 2. The first-order valence-electron chi connectivity index (χ1n) is 4.53. The molecule has 0 heterocycles. The maximum absolute atomic E-state index is 5.38. The molecular formula is C7H22N2OSi2. The van der Waals surface area contributed by atoms with Gasteiger partial charge in [0.15, 0.2) is 0 Å². The third-order valence-electron chi connectivity index (χ3n) is 1.38. The van der Waals surface area contributed by atoms with E-state index < -0.39 is 17.6 Å². The van der Waals surface area contributed by atoms with Crippen molar-refractivity contribution in [3.63, 3.8) is 0 Å². The normalized spacial score (nSPS) is 14.8. The maximum atomic E-state index is 5.38. The summed E-state index contributed by atoms with van der Waals surface area (Å²) in [7, 11) is -0.676. The zero-order chi connectivity index (χ0) is 9.61. The number of hydrogen-bond acceptors (Lipinski definition) is 3. The van der Waals surface area contributed by atoms with Crippen LogP contribution in [0.4, 0.5) is 0 Å². The molecule has 0 aromatic rings. The van der Waals surface area contributed by atoms with Crippen molar-refractivity contribution in [3.8, 4) is 0 Å². The van der Waals surface area contributed by atoms with Gasteiger partial charge in [0.1, 0.15) is 8.24 Å². The van der Waals surface area contributed by atoms with Crippen LogP contribution >= 0.6 is 0 Å². The van der Waals surface area contributed by atoms with Gasteiger partial charge in [-0.05, 0) is 13.0 Å². The van der Waals surface area contributed by atoms with Crippen molar-refractivity contribution in [1.82, 2.24) is 9.63 Å². The summed E-state index contributed by atoms with van der Waals surface area (Å²) in [4.78, 5) is 3.42. The molecule has 1 unspecified atom stereocenters. The van der Waals surface area contributed by atoms with E-state index in [4.69, 9.17) is 4.43 Å². The van der Waals surface area contributed by atoms with E-state index >= 15 is 0 Å². The highest BCUT2D eigenvalue weighted by Gasteiger charge is 2.19. The SMILES string of the molecule is CCCN[SiH](N[Si](C)(C)C)OC. The van der Waals surface area contributed by atoms with Crippen molar-refractivity contribution < 1.29 is 4.43 Å². The van der Waals surface area contributed by atoms with Crippen LogP contribution in [0.3, 0.4) is 0 Å². The van der Waals surface area contributed by atoms with Crippen LogP contribution in [-0.2, 0) is 4.43 Å². The van der Waals surface area contributed by atoms with Gasteiger partial charge in [0.25, 0.3) is 0 Å². The van der Waals surface area contributed by atoms with E-state index in [0.29, 0.717) is 0 Å². The van der Waals surface area contributed by atoms with E-state index in [0.717, 1.165) is 6.54 Å². The van der Waals surface area contributed by atoms with E-state index in [-0.39, 0.29) is 0 Å². The highest BCUT2D eigenvalue weighted by Crippen LogP contribution is 1.94. The van der Waals surface area contributed by atoms with Crippen LogP contribution in [0.1, 0.15) is 13.3 Å². The van der Waals surface area contributed by atoms with E-state index in [1.807, 2.05) is 0 Å². The van der Waals surface area contributed by atoms with Gasteiger partial charge in [-0.25, -0.2) is 0 Å². The fourth-order valence-corrected chi connectivity index (χ4v) is 5.61. The van der Waals surface area contributed by atoms with Crippen LogP contribution in [0.5, 0.6) is 0 Å². The third-order valence-corrected chi connectivity index (χ3v) is 7.02. The fraction of sp³-hybridized carbons (Fsp3) is 1.00. The van der Waals surface area contributed by atoms with Gasteiger partial charge in [0.2, 0.25) is 0 Å². The minimum atomic E-state index is -1.29. The number of nitrogens with one attached hydrogen (secondary N) is 2. The highest BCUT2D eigenvalue weighted by atomic mass is 28.4. The molecule has 0 aromatic heterocycles. The van der Waals surface area contributed by atoms with Crippen molar-refractivity contribution in [2.75, 3.05) is 13.7 Å². The molecule has 0 bridgehead atoms. The van der Waals surface area contributed by atoms with E-state index in [1.54, 1.807) is 7.11 Å². The van der Waals surface area contributed by atoms with Crippen LogP contribution in [0.25, 0.3) is 0 Å². The number of rotatable bonds is 6. The van der Waals surface area contributed by atoms with Crippen LogP contribution in [0.15, 0.2) is 0 Å². The second-order valence-corrected chi connectivity index (χ2v) is 11.3. The molecule has 0 radical (unpaired) electrons. The Balaban J connectivity index is 3.67. The fourth-order valence-electron chi connectivity index (χ4n) is 0.862. The Morgan fingerprint density at radius 3 is 2.25 bits per heavy atom. The lowest BCUT2D eigenvalue weighted by Gasteiger charge is -2.24. The molecule has 0 rings (SSSR count). The van der Waals surface area contributed by atoms with E-state index in [9.17, 15) is 0 Å². The summed E-state index contributed by atoms with van der Waals surface area (Å²) in [6.45, 7) is 10.1. The largest absolute Gasteiger partial charge is 0.398 e. The molecule has 0 aromatic carbocycles. The Hall–Kier alpha value is 0.314. The first-order valence-corrected chi connectivity index (χ1v) is 9.66. The lowest BCUT2D eigenvalue weighted by atomic mass is 10.5. The molecule has 0 saturated carbocycles. The average Bonchev–Trinajstić information content (AvgIpc) is 1.95. The van der Waals surface area contributed by atoms with Crippen molar-refractivity contribution in [1.29, 1.82) is 0 Å². The minimum absolute atomic E-state index is 1.06. The second kappa shape index (κ2) is 5.87. The molecule has 0 spiro atoms. The summed E-state index contributed by atoms with van der Waals surface area (Å²) >= 11 is 0. The molecule has 1 atom stereocenters. The maximum Gasteiger partial charge on any atom is 0.328 e. The van der Waals surface area contributed by atoms with Crippen LogP contribution in [-0.4, -0.2) is 31.3 Å². The molecule has 0 saturated heterocycles. The van der Waals surface area contributed by atoms with Gasteiger partial charge in [-0.3, -0.25) is 0 Å². The van der Waals surface area contributed by atoms with Gasteiger partial charge < -0.3 is 14.1 Å². The Labute approximate surface area is 78.9 Å². The van der Waals surface area contributed by atoms with Crippen molar-refractivity contribution >= 4 is 17.6 Å². The molecule has 0 aliphatic rings. The molecule has 5 heteroatoms. The molecule has 12 heavy (non-hydrogen) atoms. The van der Waals surface area contributed by atoms with Crippen molar-refractivity contribution in [2.24, 2.45) is 0 Å². The zero-order valence-corrected chi connectivity index (χ0v) is 11.1. The van der Waals surface area contributed by atoms with Gasteiger partial charge in [0.05, 0.1) is 0 Å². The van der Waals surface area contributed by atoms with Crippen molar-refractivity contribution in [3.05, 3.63) is 0 Å². The Morgan fingerprint density at radius 1 is 1.33 bits per heavy atom. The van der Waals surface area contributed by atoms with Crippen molar-refractivity contribution in [2.45, 2.75) is 33.0 Å². The Morgan fingerprint density at radius 2 is 1.92 bits per heavy atom. The van der Waals surface area contributed by atoms with Gasteiger partial charge in [-0.15, -0.1) is 0 Å². The molecule has 0 fully saturated rings. The summed E-state index contributed by atoms with van der Waals surface area (Å²) in [5.74, 6) is 0. The molecule has 0 aliphatic heterocycles. The molecule has 0 amide bonds. The summed E-state index contributed by atoms with van der Waals surface area (Å²) in [6.07, 6.45) is 1.17. The Kier molecular flexibility index (Phi) is 6.03. The van der Waals surface area contributed by atoms with Gasteiger partial charge in [-0.1, -0.05) is 26.6 Å². The zero-order valence-electron chi connectivity index (χ0n) is 8.90. The van der Waals surface area contributed by atoms with E-state index in [1.165, 1.54) is 6.42 Å². The molecule has 0 aliphatic carbocycles. The second-order valence-electron chi connectivity index (χ2n) is 3.96. The predicted molar refractivity (Wildman–Crippen MR) is 58.9 cm³/mol. The Bertz CT molecular complexity index is 116. The molecule has 74 valence electrons. The minimum Gasteiger partial charge on any atom is -0.398 e. The molecular weight excluding hydrogens is 184 g/mol. The standard InChI is InChI=1S/C7H22N2OSi2/c1-6-7-8-11(10-2)9-12(3,4)5/h8-9,11H,6-7H2,1-5H3. The highest BCUT2D eigenvalue weighted by molar-refractivity contribution is 6.81. The lowest BCUT2D eigenvalue weighted by molar-refractivity contribution is 0.401. The smallest absolute Gasteiger partial charge is 0.328 e. The summed E-state index contributed by atoms with van der Waals surface area (Å²) < 4.78 is 8.96. The van der Waals surface area contributed by atoms with Crippen LogP contribution in [0, 0.1) is 0 Å². The first kappa shape index (κ1) is 12.3. The summed E-state index contributed by atoms with van der Waals surface area (Å²) in [5, 5.41) is 0. The summed E-state index contributed by atoms with van der Waals surface area (Å²) in [6, 6.07) is 0. The topological polar surface area (TPSA) is 33.3 Å². The average molecular weight is 206 g/mol. The first-order chi connectivity index (χ1) is 5.49.